The highest BCUT2D eigenvalue weighted by atomic mass is 127. The fourth-order valence-corrected chi connectivity index (χ4v) is 4.25. The van der Waals surface area contributed by atoms with E-state index in [1.165, 1.54) is 29.0 Å². The fraction of sp³-hybridized carbons (Fsp3) is 0.583. The van der Waals surface area contributed by atoms with Crippen LogP contribution in [0, 0.1) is 0 Å². The van der Waals surface area contributed by atoms with Gasteiger partial charge in [0.2, 0.25) is 3.73 Å². The zero-order valence-corrected chi connectivity index (χ0v) is 15.0. The van der Waals surface area contributed by atoms with Gasteiger partial charge in [0.1, 0.15) is 41.9 Å². The van der Waals surface area contributed by atoms with E-state index in [1.807, 2.05) is 29.5 Å². The maximum absolute atomic E-state index is 10.5. The number of nitrogens with zero attached hydrogens (tertiary/aromatic N) is 4. The third kappa shape index (κ3) is 2.68. The lowest BCUT2D eigenvalue weighted by molar-refractivity contribution is -0.0717. The van der Waals surface area contributed by atoms with Gasteiger partial charge in [0.05, 0.1) is 0 Å². The number of hydrogen-bond donors (Lipinski definition) is 4. The average molecular weight is 453 g/mol. The third-order valence-electron chi connectivity index (χ3n) is 3.63. The van der Waals surface area contributed by atoms with E-state index >= 15 is 0 Å². The maximum atomic E-state index is 10.5. The largest absolute Gasteiger partial charge is 0.387 e. The van der Waals surface area contributed by atoms with E-state index in [0.717, 1.165) is 0 Å². The number of imidazole rings is 1. The third-order valence-corrected chi connectivity index (χ3v) is 5.99. The predicted molar refractivity (Wildman–Crippen MR) is 92.8 cm³/mol. The lowest BCUT2D eigenvalue weighted by atomic mass is 10.1. The van der Waals surface area contributed by atoms with Crippen molar-refractivity contribution in [1.29, 1.82) is 0 Å². The Morgan fingerprint density at radius 1 is 1.48 bits per heavy atom. The van der Waals surface area contributed by atoms with Gasteiger partial charge in [0.15, 0.2) is 11.5 Å². The van der Waals surface area contributed by atoms with Crippen molar-refractivity contribution in [3.05, 3.63) is 12.7 Å². The molecule has 0 bridgehead atoms. The number of nitrogens with two attached hydrogens (primary N) is 1. The molecule has 0 aliphatic carbocycles. The van der Waals surface area contributed by atoms with Crippen LogP contribution in [0.2, 0.25) is 0 Å². The minimum Gasteiger partial charge on any atom is -0.387 e. The Labute approximate surface area is 149 Å². The number of anilines is 1. The molecular formula is C12H16IN5O4S. The van der Waals surface area contributed by atoms with Gasteiger partial charge >= 0.3 is 0 Å². The fourth-order valence-electron chi connectivity index (χ4n) is 2.49. The van der Waals surface area contributed by atoms with Gasteiger partial charge in [-0.15, -0.1) is 11.8 Å². The average Bonchev–Trinajstić information content (AvgIpc) is 3.05. The number of nitrogen functional groups attached to an aromatic ring is 1. The Balaban J connectivity index is 2.02. The summed E-state index contributed by atoms with van der Waals surface area (Å²) in [6, 6.07) is 0. The number of thioether (sulfide) groups is 1. The summed E-state index contributed by atoms with van der Waals surface area (Å²) in [5.74, 6) is 0.857. The number of aromatic nitrogens is 4. The molecule has 3 rings (SSSR count). The first-order chi connectivity index (χ1) is 10.9. The summed E-state index contributed by atoms with van der Waals surface area (Å²) in [5.41, 5.74) is 5.55. The molecule has 3 heterocycles. The molecule has 126 valence electrons. The number of aliphatic hydroxyl groups excluding tert-OH is 3. The molecule has 0 saturated carbocycles. The Morgan fingerprint density at radius 3 is 2.91 bits per heavy atom. The zero-order valence-electron chi connectivity index (χ0n) is 12.1. The highest BCUT2D eigenvalue weighted by molar-refractivity contribution is 14.1. The van der Waals surface area contributed by atoms with Crippen molar-refractivity contribution < 1.29 is 20.1 Å². The summed E-state index contributed by atoms with van der Waals surface area (Å²) in [4.78, 5) is 12.1. The number of alkyl halides is 1. The monoisotopic (exact) mass is 453 g/mol. The van der Waals surface area contributed by atoms with Crippen LogP contribution in [0.3, 0.4) is 0 Å². The topological polar surface area (TPSA) is 140 Å². The number of rotatable bonds is 4. The Kier molecular flexibility index (Phi) is 4.68. The van der Waals surface area contributed by atoms with Gasteiger partial charge in [-0.05, 0) is 28.3 Å². The van der Waals surface area contributed by atoms with E-state index in [-0.39, 0.29) is 5.82 Å². The lowest BCUT2D eigenvalue weighted by Crippen LogP contribution is -2.41. The van der Waals surface area contributed by atoms with Crippen molar-refractivity contribution >= 4 is 51.3 Å². The molecule has 0 radical (unpaired) electrons. The van der Waals surface area contributed by atoms with Crippen molar-refractivity contribution in [2.24, 2.45) is 0 Å². The van der Waals surface area contributed by atoms with Crippen molar-refractivity contribution in [3.8, 4) is 0 Å². The molecule has 0 aromatic carbocycles. The number of fused-ring (bicyclic) bond motifs is 1. The second-order valence-corrected chi connectivity index (χ2v) is 7.96. The van der Waals surface area contributed by atoms with Crippen LogP contribution < -0.4 is 5.73 Å². The van der Waals surface area contributed by atoms with Crippen LogP contribution in [0.4, 0.5) is 5.82 Å². The Bertz CT molecular complexity index is 718. The molecule has 2 aromatic heterocycles. The van der Waals surface area contributed by atoms with Crippen LogP contribution in [0.25, 0.3) is 11.2 Å². The molecule has 1 aliphatic rings. The number of ether oxygens (including phenoxy) is 1. The first-order valence-corrected chi connectivity index (χ1v) is 8.99. The molecule has 9 nitrogen and oxygen atoms in total. The van der Waals surface area contributed by atoms with Crippen LogP contribution in [0.5, 0.6) is 0 Å². The van der Waals surface area contributed by atoms with E-state index in [2.05, 4.69) is 15.0 Å². The molecule has 1 fully saturated rings. The number of halogens is 1. The van der Waals surface area contributed by atoms with E-state index in [4.69, 9.17) is 10.5 Å². The van der Waals surface area contributed by atoms with Crippen LogP contribution >= 0.6 is 34.4 Å². The summed E-state index contributed by atoms with van der Waals surface area (Å²) < 4.78 is 5.93. The van der Waals surface area contributed by atoms with Gasteiger partial charge in [-0.3, -0.25) is 4.57 Å². The standard InChI is InChI=1S/C12H16IN5O4S/c1-2-23-11(21)7-6(19)8(20)12(13,22-7)18-4-17-5-9(14)15-3-16-10(5)18/h3-4,6-8,11,19-21H,2H2,1H3,(H2,14,15,16)/t6-,7+,8-,11?,12+/m1/s1. The van der Waals surface area contributed by atoms with E-state index in [0.29, 0.717) is 16.9 Å². The maximum Gasteiger partial charge on any atom is 0.229 e. The normalized spacial score (nSPS) is 32.5. The highest BCUT2D eigenvalue weighted by Crippen LogP contribution is 2.44. The van der Waals surface area contributed by atoms with E-state index < -0.39 is 27.5 Å². The van der Waals surface area contributed by atoms with Crippen molar-refractivity contribution in [2.45, 2.75) is 34.4 Å². The predicted octanol–water partition coefficient (Wildman–Crippen LogP) is -0.354. The molecule has 0 amide bonds. The van der Waals surface area contributed by atoms with Gasteiger partial charge in [0.25, 0.3) is 0 Å². The molecule has 1 unspecified atom stereocenters. The highest BCUT2D eigenvalue weighted by Gasteiger charge is 2.56. The van der Waals surface area contributed by atoms with Crippen molar-refractivity contribution in [1.82, 2.24) is 19.5 Å². The summed E-state index contributed by atoms with van der Waals surface area (Å²) >= 11 is 3.10. The van der Waals surface area contributed by atoms with Crippen LogP contribution in [-0.2, 0) is 8.47 Å². The lowest BCUT2D eigenvalue weighted by Gasteiger charge is -2.27. The minimum absolute atomic E-state index is 0.208. The Morgan fingerprint density at radius 2 is 2.22 bits per heavy atom. The number of hydrogen-bond acceptors (Lipinski definition) is 9. The van der Waals surface area contributed by atoms with Crippen LogP contribution in [0.1, 0.15) is 6.92 Å². The molecule has 0 spiro atoms. The smallest absolute Gasteiger partial charge is 0.229 e. The van der Waals surface area contributed by atoms with E-state index in [9.17, 15) is 15.3 Å². The summed E-state index contributed by atoms with van der Waals surface area (Å²) in [6.07, 6.45) is -0.776. The van der Waals surface area contributed by atoms with Gasteiger partial charge in [0, 0.05) is 0 Å². The quantitative estimate of drug-likeness (QED) is 0.278. The second-order valence-electron chi connectivity index (χ2n) is 5.02. The number of aliphatic hydroxyl groups is 3. The molecule has 2 aromatic rings. The van der Waals surface area contributed by atoms with Gasteiger partial charge in [-0.25, -0.2) is 15.0 Å². The molecule has 23 heavy (non-hydrogen) atoms. The first-order valence-electron chi connectivity index (χ1n) is 6.86. The van der Waals surface area contributed by atoms with Crippen molar-refractivity contribution in [3.63, 3.8) is 0 Å². The SMILES string of the molecule is CCSC(O)[C@H]1O[C@@](I)(n2cnc3c(N)ncnc32)[C@H](O)[C@@H]1O. The molecule has 5 N–H and O–H groups in total. The summed E-state index contributed by atoms with van der Waals surface area (Å²) in [5, 5.41) is 30.9. The van der Waals surface area contributed by atoms with Gasteiger partial charge < -0.3 is 25.8 Å². The zero-order chi connectivity index (χ0) is 16.8. The molecule has 1 aliphatic heterocycles. The molecule has 11 heteroatoms. The van der Waals surface area contributed by atoms with Crippen LogP contribution in [-0.4, -0.2) is 64.3 Å². The Hall–Kier alpha value is -0.730. The molecule has 5 atom stereocenters. The van der Waals surface area contributed by atoms with Crippen molar-refractivity contribution in [2.75, 3.05) is 11.5 Å². The minimum atomic E-state index is -1.37. The summed E-state index contributed by atoms with van der Waals surface area (Å²) in [6.45, 7) is 1.88. The molecular weight excluding hydrogens is 437 g/mol. The first kappa shape index (κ1) is 17.1. The summed E-state index contributed by atoms with van der Waals surface area (Å²) in [7, 11) is 0. The molecule has 1 saturated heterocycles. The van der Waals surface area contributed by atoms with Gasteiger partial charge in [-0.1, -0.05) is 6.92 Å². The second kappa shape index (κ2) is 6.29. The van der Waals surface area contributed by atoms with Gasteiger partial charge in [-0.2, -0.15) is 0 Å². The van der Waals surface area contributed by atoms with Crippen LogP contribution in [0.15, 0.2) is 12.7 Å². The van der Waals surface area contributed by atoms with E-state index in [1.54, 1.807) is 0 Å².